The molecule has 1 aliphatic heterocycles. The zero-order valence-electron chi connectivity index (χ0n) is 12.0. The highest BCUT2D eigenvalue weighted by molar-refractivity contribution is 6.32. The second kappa shape index (κ2) is 5.82. The Morgan fingerprint density at radius 3 is 2.75 bits per heavy atom. The van der Waals surface area contributed by atoms with Gasteiger partial charge in [0, 0.05) is 19.5 Å². The minimum Gasteiger partial charge on any atom is -0.489 e. The molecule has 4 heteroatoms. The van der Waals surface area contributed by atoms with Crippen LogP contribution in [-0.2, 0) is 6.54 Å². The highest BCUT2D eigenvalue weighted by atomic mass is 35.5. The van der Waals surface area contributed by atoms with Crippen molar-refractivity contribution in [1.82, 2.24) is 5.32 Å². The van der Waals surface area contributed by atoms with Gasteiger partial charge in [-0.3, -0.25) is 0 Å². The summed E-state index contributed by atoms with van der Waals surface area (Å²) in [5.74, 6) is 1.47. The molecule has 0 aromatic heterocycles. The van der Waals surface area contributed by atoms with Crippen LogP contribution in [0.3, 0.4) is 0 Å². The van der Waals surface area contributed by atoms with Crippen molar-refractivity contribution in [1.29, 1.82) is 0 Å². The van der Waals surface area contributed by atoms with E-state index in [1.54, 1.807) is 0 Å². The van der Waals surface area contributed by atoms with Crippen molar-refractivity contribution in [2.24, 2.45) is 5.41 Å². The first kappa shape index (κ1) is 14.0. The van der Waals surface area contributed by atoms with Gasteiger partial charge in [-0.15, -0.1) is 0 Å². The van der Waals surface area contributed by atoms with Crippen LogP contribution in [0, 0.1) is 5.41 Å². The summed E-state index contributed by atoms with van der Waals surface area (Å²) in [4.78, 5) is 0. The van der Waals surface area contributed by atoms with Gasteiger partial charge in [0.05, 0.1) is 18.2 Å². The topological polar surface area (TPSA) is 30.5 Å². The van der Waals surface area contributed by atoms with E-state index in [0.717, 1.165) is 30.8 Å². The average molecular weight is 296 g/mol. The summed E-state index contributed by atoms with van der Waals surface area (Å²) in [6.45, 7) is 5.61. The molecule has 0 unspecified atom stereocenters. The molecule has 1 fully saturated rings. The molecule has 1 saturated carbocycles. The lowest BCUT2D eigenvalue weighted by Crippen LogP contribution is -2.36. The molecule has 0 radical (unpaired) electrons. The summed E-state index contributed by atoms with van der Waals surface area (Å²) < 4.78 is 11.4. The van der Waals surface area contributed by atoms with Gasteiger partial charge in [-0.1, -0.05) is 24.9 Å². The smallest absolute Gasteiger partial charge is 0.179 e. The van der Waals surface area contributed by atoms with Gasteiger partial charge in [0.25, 0.3) is 0 Å². The van der Waals surface area contributed by atoms with E-state index in [0.29, 0.717) is 29.4 Å². The number of ether oxygens (including phenoxy) is 2. The van der Waals surface area contributed by atoms with Crippen molar-refractivity contribution in [3.63, 3.8) is 0 Å². The fourth-order valence-corrected chi connectivity index (χ4v) is 3.14. The molecule has 0 spiro atoms. The summed E-state index contributed by atoms with van der Waals surface area (Å²) in [7, 11) is 0. The normalized spacial score (nSPS) is 20.1. The largest absolute Gasteiger partial charge is 0.489 e. The molecule has 0 amide bonds. The number of nitrogens with one attached hydrogen (secondary N) is 1. The molecule has 1 heterocycles. The Kier molecular flexibility index (Phi) is 4.08. The lowest BCUT2D eigenvalue weighted by atomic mass is 9.70. The Bertz CT molecular complexity index is 486. The zero-order chi connectivity index (χ0) is 14.0. The van der Waals surface area contributed by atoms with Crippen LogP contribution >= 0.6 is 11.6 Å². The van der Waals surface area contributed by atoms with E-state index in [2.05, 4.69) is 12.2 Å². The monoisotopic (exact) mass is 295 g/mol. The molecule has 20 heavy (non-hydrogen) atoms. The second-order valence-electron chi connectivity index (χ2n) is 6.22. The predicted molar refractivity (Wildman–Crippen MR) is 80.7 cm³/mol. The van der Waals surface area contributed by atoms with Crippen LogP contribution in [0.15, 0.2) is 12.1 Å². The Morgan fingerprint density at radius 2 is 2.00 bits per heavy atom. The van der Waals surface area contributed by atoms with Gasteiger partial charge in [-0.2, -0.15) is 0 Å². The van der Waals surface area contributed by atoms with E-state index in [9.17, 15) is 0 Å². The van der Waals surface area contributed by atoms with E-state index in [1.807, 2.05) is 12.1 Å². The highest BCUT2D eigenvalue weighted by Gasteiger charge is 2.30. The SMILES string of the molecule is CC1(CNCc2cc(Cl)c3c(c2)OCCCO3)CCC1. The van der Waals surface area contributed by atoms with Crippen LogP contribution in [0.1, 0.15) is 38.2 Å². The lowest BCUT2D eigenvalue weighted by Gasteiger charge is -2.38. The molecular weight excluding hydrogens is 274 g/mol. The summed E-state index contributed by atoms with van der Waals surface area (Å²) in [5.41, 5.74) is 1.65. The Morgan fingerprint density at radius 1 is 1.20 bits per heavy atom. The standard InChI is InChI=1S/C16H22ClNO2/c1-16(4-2-5-16)11-18-10-12-8-13(17)15-14(9-12)19-6-3-7-20-15/h8-9,18H,2-7,10-11H2,1H3. The van der Waals surface area contributed by atoms with Crippen LogP contribution in [0.5, 0.6) is 11.5 Å². The van der Waals surface area contributed by atoms with Gasteiger partial charge in [-0.25, -0.2) is 0 Å². The molecule has 3 rings (SSSR count). The van der Waals surface area contributed by atoms with Crippen molar-refractivity contribution in [3.8, 4) is 11.5 Å². The van der Waals surface area contributed by atoms with Crippen molar-refractivity contribution in [2.75, 3.05) is 19.8 Å². The van der Waals surface area contributed by atoms with E-state index in [1.165, 1.54) is 19.3 Å². The molecule has 1 aromatic carbocycles. The van der Waals surface area contributed by atoms with Crippen LogP contribution in [-0.4, -0.2) is 19.8 Å². The van der Waals surface area contributed by atoms with Gasteiger partial charge in [0.15, 0.2) is 11.5 Å². The van der Waals surface area contributed by atoms with E-state index < -0.39 is 0 Å². The molecule has 1 aliphatic carbocycles. The third-order valence-electron chi connectivity index (χ3n) is 4.30. The van der Waals surface area contributed by atoms with Crippen LogP contribution in [0.25, 0.3) is 0 Å². The van der Waals surface area contributed by atoms with Crippen LogP contribution in [0.4, 0.5) is 0 Å². The molecule has 2 aliphatic rings. The molecule has 0 bridgehead atoms. The third-order valence-corrected chi connectivity index (χ3v) is 4.58. The number of benzene rings is 1. The van der Waals surface area contributed by atoms with Crippen molar-refractivity contribution in [3.05, 3.63) is 22.7 Å². The van der Waals surface area contributed by atoms with Crippen molar-refractivity contribution >= 4 is 11.6 Å². The van der Waals surface area contributed by atoms with Crippen molar-refractivity contribution in [2.45, 2.75) is 39.2 Å². The van der Waals surface area contributed by atoms with E-state index >= 15 is 0 Å². The lowest BCUT2D eigenvalue weighted by molar-refractivity contribution is 0.156. The Balaban J connectivity index is 1.64. The molecule has 0 atom stereocenters. The van der Waals surface area contributed by atoms with Crippen molar-refractivity contribution < 1.29 is 9.47 Å². The number of fused-ring (bicyclic) bond motifs is 1. The highest BCUT2D eigenvalue weighted by Crippen LogP contribution is 2.40. The molecular formula is C16H22ClNO2. The predicted octanol–water partition coefficient (Wildman–Crippen LogP) is 3.78. The first-order valence-electron chi connectivity index (χ1n) is 7.45. The zero-order valence-corrected chi connectivity index (χ0v) is 12.8. The molecule has 1 N–H and O–H groups in total. The van der Waals surface area contributed by atoms with Gasteiger partial charge < -0.3 is 14.8 Å². The van der Waals surface area contributed by atoms with E-state index in [-0.39, 0.29) is 0 Å². The maximum absolute atomic E-state index is 6.29. The first-order valence-corrected chi connectivity index (χ1v) is 7.83. The third kappa shape index (κ3) is 3.04. The molecule has 0 saturated heterocycles. The quantitative estimate of drug-likeness (QED) is 0.917. The second-order valence-corrected chi connectivity index (χ2v) is 6.63. The van der Waals surface area contributed by atoms with Crippen LogP contribution in [0.2, 0.25) is 5.02 Å². The Hall–Kier alpha value is -0.930. The molecule has 110 valence electrons. The van der Waals surface area contributed by atoms with Crippen LogP contribution < -0.4 is 14.8 Å². The van der Waals surface area contributed by atoms with E-state index in [4.69, 9.17) is 21.1 Å². The minimum absolute atomic E-state index is 0.495. The summed E-state index contributed by atoms with van der Waals surface area (Å²) in [6.07, 6.45) is 4.94. The van der Waals surface area contributed by atoms with Gasteiger partial charge in [0.1, 0.15) is 0 Å². The summed E-state index contributed by atoms with van der Waals surface area (Å²) in [5, 5.41) is 4.19. The maximum atomic E-state index is 6.29. The minimum atomic E-state index is 0.495. The number of rotatable bonds is 4. The molecule has 3 nitrogen and oxygen atoms in total. The fraction of sp³-hybridized carbons (Fsp3) is 0.625. The van der Waals surface area contributed by atoms with Gasteiger partial charge in [-0.05, 0) is 36.0 Å². The number of hydrogen-bond acceptors (Lipinski definition) is 3. The number of hydrogen-bond donors (Lipinski definition) is 1. The summed E-state index contributed by atoms with van der Waals surface area (Å²) >= 11 is 6.29. The summed E-state index contributed by atoms with van der Waals surface area (Å²) in [6, 6.07) is 4.02. The number of halogens is 1. The molecule has 1 aromatic rings. The van der Waals surface area contributed by atoms with Gasteiger partial charge >= 0.3 is 0 Å². The average Bonchev–Trinajstić information content (AvgIpc) is 2.62. The maximum Gasteiger partial charge on any atom is 0.179 e. The first-order chi connectivity index (χ1) is 9.66. The van der Waals surface area contributed by atoms with Gasteiger partial charge in [0.2, 0.25) is 0 Å². The fourth-order valence-electron chi connectivity index (χ4n) is 2.85. The Labute approximate surface area is 125 Å².